The van der Waals surface area contributed by atoms with Crippen molar-refractivity contribution in [3.05, 3.63) is 89.3 Å². The molecule has 0 atom stereocenters. The highest BCUT2D eigenvalue weighted by Gasteiger charge is 2.33. The Kier molecular flexibility index (Phi) is 6.82. The highest BCUT2D eigenvalue weighted by molar-refractivity contribution is 5.92. The average Bonchev–Trinajstić information content (AvgIpc) is 3.63. The van der Waals surface area contributed by atoms with Crippen molar-refractivity contribution < 1.29 is 22.4 Å². The number of alkyl halides is 3. The fraction of sp³-hybridized carbons (Fsp3) is 0.333. The van der Waals surface area contributed by atoms with Crippen molar-refractivity contribution in [3.8, 4) is 0 Å². The van der Waals surface area contributed by atoms with Crippen molar-refractivity contribution >= 4 is 16.8 Å². The molecule has 0 bridgehead atoms. The molecule has 1 N–H and O–H groups in total. The molecule has 2 aromatic carbocycles. The van der Waals surface area contributed by atoms with Crippen molar-refractivity contribution in [1.29, 1.82) is 0 Å². The standard InChI is InChI=1S/C27H27F3N4O2/c28-27(29,30)22-9-3-1-7-20(22)16-33(14-11-19-15-31-23-10-4-2-8-21(19)23)17-25-32-24(18-36-25)26(35)34-12-5-6-13-34/h1-4,7-10,15,18,31H,5-6,11-14,16-17H2. The number of halogens is 3. The van der Waals surface area contributed by atoms with Crippen LogP contribution in [-0.4, -0.2) is 45.3 Å². The van der Waals surface area contributed by atoms with E-state index in [0.29, 0.717) is 31.9 Å². The fourth-order valence-electron chi connectivity index (χ4n) is 4.76. The molecule has 0 aliphatic carbocycles. The highest BCUT2D eigenvalue weighted by atomic mass is 19.4. The first-order valence-corrected chi connectivity index (χ1v) is 12.0. The Labute approximate surface area is 206 Å². The summed E-state index contributed by atoms with van der Waals surface area (Å²) >= 11 is 0. The van der Waals surface area contributed by atoms with Crippen LogP contribution in [0.5, 0.6) is 0 Å². The van der Waals surface area contributed by atoms with Crippen molar-refractivity contribution in [1.82, 2.24) is 19.8 Å². The molecule has 9 heteroatoms. The van der Waals surface area contributed by atoms with E-state index >= 15 is 0 Å². The van der Waals surface area contributed by atoms with Crippen LogP contribution in [0, 0.1) is 0 Å². The Bertz CT molecular complexity index is 1340. The highest BCUT2D eigenvalue weighted by Crippen LogP contribution is 2.32. The lowest BCUT2D eigenvalue weighted by atomic mass is 10.1. The maximum Gasteiger partial charge on any atom is 0.416 e. The monoisotopic (exact) mass is 496 g/mol. The van der Waals surface area contributed by atoms with Gasteiger partial charge in [-0.25, -0.2) is 4.98 Å². The third-order valence-electron chi connectivity index (χ3n) is 6.61. The lowest BCUT2D eigenvalue weighted by Gasteiger charge is -2.23. The van der Waals surface area contributed by atoms with Gasteiger partial charge in [0.2, 0.25) is 5.89 Å². The molecular formula is C27H27F3N4O2. The molecule has 0 spiro atoms. The van der Waals surface area contributed by atoms with Crippen LogP contribution >= 0.6 is 0 Å². The van der Waals surface area contributed by atoms with Gasteiger partial charge in [-0.2, -0.15) is 13.2 Å². The first kappa shape index (κ1) is 24.1. The fourth-order valence-corrected chi connectivity index (χ4v) is 4.76. The van der Waals surface area contributed by atoms with Crippen LogP contribution in [0.4, 0.5) is 13.2 Å². The number of carbonyl (C=O) groups excluding carboxylic acids is 1. The molecule has 5 rings (SSSR count). The van der Waals surface area contributed by atoms with Gasteiger partial charge in [0.05, 0.1) is 12.1 Å². The molecule has 1 aliphatic rings. The van der Waals surface area contributed by atoms with E-state index < -0.39 is 11.7 Å². The summed E-state index contributed by atoms with van der Waals surface area (Å²) in [4.78, 5) is 23.9. The summed E-state index contributed by atoms with van der Waals surface area (Å²) in [6.07, 6.45) is 1.39. The first-order chi connectivity index (χ1) is 17.4. The van der Waals surface area contributed by atoms with E-state index in [1.165, 1.54) is 18.4 Å². The van der Waals surface area contributed by atoms with E-state index in [1.807, 2.05) is 35.4 Å². The number of oxazole rings is 1. The van der Waals surface area contributed by atoms with Gasteiger partial charge in [-0.3, -0.25) is 9.69 Å². The molecule has 3 heterocycles. The second kappa shape index (κ2) is 10.2. The minimum atomic E-state index is -4.45. The number of aromatic amines is 1. The van der Waals surface area contributed by atoms with Gasteiger partial charge in [0, 0.05) is 43.3 Å². The summed E-state index contributed by atoms with van der Waals surface area (Å²) in [7, 11) is 0. The Morgan fingerprint density at radius 2 is 1.78 bits per heavy atom. The summed E-state index contributed by atoms with van der Waals surface area (Å²) in [5.74, 6) is 0.135. The van der Waals surface area contributed by atoms with Gasteiger partial charge < -0.3 is 14.3 Å². The van der Waals surface area contributed by atoms with Gasteiger partial charge in [0.25, 0.3) is 5.91 Å². The molecule has 6 nitrogen and oxygen atoms in total. The number of nitrogens with one attached hydrogen (secondary N) is 1. The van der Waals surface area contributed by atoms with Gasteiger partial charge in [0.15, 0.2) is 5.69 Å². The van der Waals surface area contributed by atoms with E-state index in [4.69, 9.17) is 4.42 Å². The topological polar surface area (TPSA) is 65.4 Å². The summed E-state index contributed by atoms with van der Waals surface area (Å²) in [5.41, 5.74) is 1.86. The Morgan fingerprint density at radius 1 is 1.03 bits per heavy atom. The summed E-state index contributed by atoms with van der Waals surface area (Å²) in [6.45, 7) is 2.13. The molecule has 1 fully saturated rings. The number of benzene rings is 2. The number of H-pyrrole nitrogens is 1. The minimum Gasteiger partial charge on any atom is -0.447 e. The number of rotatable bonds is 8. The van der Waals surface area contributed by atoms with Gasteiger partial charge in [-0.05, 0) is 42.5 Å². The normalized spacial score (nSPS) is 14.3. The van der Waals surface area contributed by atoms with E-state index in [2.05, 4.69) is 9.97 Å². The van der Waals surface area contributed by atoms with Crippen LogP contribution in [0.1, 0.15) is 45.9 Å². The molecule has 1 amide bonds. The summed E-state index contributed by atoms with van der Waals surface area (Å²) in [5, 5.41) is 1.09. The minimum absolute atomic E-state index is 0.0653. The van der Waals surface area contributed by atoms with E-state index in [-0.39, 0.29) is 30.3 Å². The third kappa shape index (κ3) is 5.31. The van der Waals surface area contributed by atoms with E-state index in [9.17, 15) is 18.0 Å². The van der Waals surface area contributed by atoms with Gasteiger partial charge in [0.1, 0.15) is 6.26 Å². The van der Waals surface area contributed by atoms with Crippen LogP contribution in [-0.2, 0) is 25.7 Å². The van der Waals surface area contributed by atoms with Gasteiger partial charge in [-0.1, -0.05) is 36.4 Å². The zero-order valence-corrected chi connectivity index (χ0v) is 19.7. The van der Waals surface area contributed by atoms with Crippen LogP contribution < -0.4 is 0 Å². The molecule has 2 aromatic heterocycles. The predicted molar refractivity (Wildman–Crippen MR) is 129 cm³/mol. The number of para-hydroxylation sites is 1. The van der Waals surface area contributed by atoms with Crippen molar-refractivity contribution in [2.45, 2.75) is 38.5 Å². The van der Waals surface area contributed by atoms with Crippen LogP contribution in [0.15, 0.2) is 65.4 Å². The number of likely N-dealkylation sites (tertiary alicyclic amines) is 1. The molecule has 4 aromatic rings. The molecule has 0 unspecified atom stereocenters. The molecule has 1 saturated heterocycles. The Morgan fingerprint density at radius 3 is 2.58 bits per heavy atom. The average molecular weight is 497 g/mol. The molecule has 188 valence electrons. The molecule has 36 heavy (non-hydrogen) atoms. The molecule has 1 aliphatic heterocycles. The van der Waals surface area contributed by atoms with E-state index in [0.717, 1.165) is 35.4 Å². The summed E-state index contributed by atoms with van der Waals surface area (Å²) in [6, 6.07) is 13.5. The van der Waals surface area contributed by atoms with Crippen LogP contribution in [0.3, 0.4) is 0 Å². The number of nitrogens with zero attached hydrogens (tertiary/aromatic N) is 3. The Balaban J connectivity index is 1.37. The third-order valence-corrected chi connectivity index (χ3v) is 6.61. The number of fused-ring (bicyclic) bond motifs is 1. The van der Waals surface area contributed by atoms with Crippen LogP contribution in [0.25, 0.3) is 10.9 Å². The van der Waals surface area contributed by atoms with Gasteiger partial charge >= 0.3 is 6.18 Å². The lowest BCUT2D eigenvalue weighted by molar-refractivity contribution is -0.138. The molecule has 0 saturated carbocycles. The molecule has 0 radical (unpaired) electrons. The van der Waals surface area contributed by atoms with Crippen LogP contribution in [0.2, 0.25) is 0 Å². The zero-order valence-electron chi connectivity index (χ0n) is 19.7. The van der Waals surface area contributed by atoms with Gasteiger partial charge in [-0.15, -0.1) is 0 Å². The maximum atomic E-state index is 13.7. The van der Waals surface area contributed by atoms with Crippen molar-refractivity contribution in [2.75, 3.05) is 19.6 Å². The maximum absolute atomic E-state index is 13.7. The smallest absolute Gasteiger partial charge is 0.416 e. The Hall–Kier alpha value is -3.59. The second-order valence-electron chi connectivity index (χ2n) is 9.10. The quantitative estimate of drug-likeness (QED) is 0.342. The molecular weight excluding hydrogens is 469 g/mol. The van der Waals surface area contributed by atoms with Crippen molar-refractivity contribution in [2.24, 2.45) is 0 Å². The summed E-state index contributed by atoms with van der Waals surface area (Å²) < 4.78 is 46.6. The number of hydrogen-bond donors (Lipinski definition) is 1. The lowest BCUT2D eigenvalue weighted by Crippen LogP contribution is -2.28. The number of amides is 1. The number of carbonyl (C=O) groups is 1. The largest absolute Gasteiger partial charge is 0.447 e. The number of aromatic nitrogens is 2. The SMILES string of the molecule is O=C(c1coc(CN(CCc2c[nH]c3ccccc23)Cc2ccccc2C(F)(F)F)n1)N1CCCC1. The first-order valence-electron chi connectivity index (χ1n) is 12.0. The number of hydrogen-bond acceptors (Lipinski definition) is 4. The van der Waals surface area contributed by atoms with E-state index in [1.54, 1.807) is 11.0 Å². The predicted octanol–water partition coefficient (Wildman–Crippen LogP) is 5.66. The second-order valence-corrected chi connectivity index (χ2v) is 9.10. The van der Waals surface area contributed by atoms with Crippen molar-refractivity contribution in [3.63, 3.8) is 0 Å². The zero-order chi connectivity index (χ0) is 25.1.